The van der Waals surface area contributed by atoms with Gasteiger partial charge < -0.3 is 5.32 Å². The lowest BCUT2D eigenvalue weighted by molar-refractivity contribution is -0.122. The lowest BCUT2D eigenvalue weighted by Gasteiger charge is -2.31. The maximum absolute atomic E-state index is 12.2. The van der Waals surface area contributed by atoms with E-state index < -0.39 is 0 Å². The summed E-state index contributed by atoms with van der Waals surface area (Å²) >= 11 is 12.0. The molecule has 5 heteroatoms. The number of rotatable bonds is 1. The van der Waals surface area contributed by atoms with Crippen molar-refractivity contribution >= 4 is 34.9 Å². The fourth-order valence-electron chi connectivity index (χ4n) is 2.92. The molecule has 1 atom stereocenters. The van der Waals surface area contributed by atoms with Crippen molar-refractivity contribution in [3.05, 3.63) is 45.1 Å². The van der Waals surface area contributed by atoms with Gasteiger partial charge in [0.1, 0.15) is 0 Å². The second-order valence-electron chi connectivity index (χ2n) is 5.15. The number of hydrogen-bond donors (Lipinski definition) is 1. The Bertz CT molecular complexity index is 637. The molecule has 0 saturated heterocycles. The van der Waals surface area contributed by atoms with Gasteiger partial charge in [0.25, 0.3) is 0 Å². The van der Waals surface area contributed by atoms with E-state index in [1.54, 1.807) is 12.1 Å². The van der Waals surface area contributed by atoms with Crippen molar-refractivity contribution in [1.29, 1.82) is 0 Å². The van der Waals surface area contributed by atoms with Crippen LogP contribution in [0.15, 0.2) is 29.5 Å². The van der Waals surface area contributed by atoms with Crippen LogP contribution in [0.3, 0.4) is 0 Å². The predicted octanol–water partition coefficient (Wildman–Crippen LogP) is 3.60. The summed E-state index contributed by atoms with van der Waals surface area (Å²) in [5, 5.41) is 3.75. The molecule has 1 heterocycles. The number of ketones is 1. The van der Waals surface area contributed by atoms with E-state index in [9.17, 15) is 9.59 Å². The first-order valence-corrected chi connectivity index (χ1v) is 7.33. The number of hydrogen-bond acceptors (Lipinski definition) is 2. The van der Waals surface area contributed by atoms with E-state index in [0.29, 0.717) is 16.5 Å². The summed E-state index contributed by atoms with van der Waals surface area (Å²) in [6.07, 6.45) is 2.38. The SMILES string of the molecule is O=C1CC(c2ccc(Cl)c(Cl)c2)C2=C(CCCC2=O)N1. The highest BCUT2D eigenvalue weighted by Crippen LogP contribution is 2.39. The summed E-state index contributed by atoms with van der Waals surface area (Å²) in [4.78, 5) is 24.0. The fraction of sp³-hybridized carbons (Fsp3) is 0.333. The molecule has 2 aliphatic rings. The number of amides is 1. The molecule has 0 spiro atoms. The van der Waals surface area contributed by atoms with E-state index in [-0.39, 0.29) is 24.0 Å². The number of halogens is 2. The topological polar surface area (TPSA) is 46.2 Å². The number of carbonyl (C=O) groups excluding carboxylic acids is 2. The molecular weight excluding hydrogens is 297 g/mol. The third kappa shape index (κ3) is 2.36. The molecule has 1 N–H and O–H groups in total. The maximum atomic E-state index is 12.2. The molecule has 0 fully saturated rings. The molecule has 1 aromatic rings. The Kier molecular flexibility index (Phi) is 3.57. The largest absolute Gasteiger partial charge is 0.329 e. The van der Waals surface area contributed by atoms with Crippen LogP contribution in [-0.4, -0.2) is 11.7 Å². The minimum absolute atomic E-state index is 0.0467. The molecule has 0 aromatic heterocycles. The summed E-state index contributed by atoms with van der Waals surface area (Å²) in [6, 6.07) is 5.29. The minimum Gasteiger partial charge on any atom is -0.329 e. The first kappa shape index (κ1) is 13.7. The van der Waals surface area contributed by atoms with E-state index >= 15 is 0 Å². The molecule has 0 saturated carbocycles. The van der Waals surface area contributed by atoms with Crippen LogP contribution in [-0.2, 0) is 9.59 Å². The third-order valence-corrected chi connectivity index (χ3v) is 4.57. The third-order valence-electron chi connectivity index (χ3n) is 3.83. The van der Waals surface area contributed by atoms with Crippen molar-refractivity contribution in [2.45, 2.75) is 31.6 Å². The average molecular weight is 310 g/mol. The van der Waals surface area contributed by atoms with E-state index in [4.69, 9.17) is 23.2 Å². The van der Waals surface area contributed by atoms with Crippen molar-refractivity contribution in [3.63, 3.8) is 0 Å². The zero-order chi connectivity index (χ0) is 14.3. The lowest BCUT2D eigenvalue weighted by Crippen LogP contribution is -2.36. The maximum Gasteiger partial charge on any atom is 0.225 e. The Morgan fingerprint density at radius 1 is 1.10 bits per heavy atom. The number of Topliss-reactive ketones (excluding diaryl/α,β-unsaturated/α-hetero) is 1. The molecular formula is C15H13Cl2NO2. The van der Waals surface area contributed by atoms with Crippen LogP contribution in [0.5, 0.6) is 0 Å². The molecule has 1 aliphatic carbocycles. The zero-order valence-electron chi connectivity index (χ0n) is 10.7. The quantitative estimate of drug-likeness (QED) is 0.861. The van der Waals surface area contributed by atoms with Gasteiger partial charge in [-0.15, -0.1) is 0 Å². The first-order valence-electron chi connectivity index (χ1n) is 6.57. The predicted molar refractivity (Wildman–Crippen MR) is 77.8 cm³/mol. The van der Waals surface area contributed by atoms with Gasteiger partial charge >= 0.3 is 0 Å². The van der Waals surface area contributed by atoms with Crippen LogP contribution < -0.4 is 5.32 Å². The van der Waals surface area contributed by atoms with Crippen molar-refractivity contribution in [1.82, 2.24) is 5.32 Å². The molecule has 1 unspecified atom stereocenters. The molecule has 1 aromatic carbocycles. The van der Waals surface area contributed by atoms with E-state index in [2.05, 4.69) is 5.32 Å². The number of nitrogens with one attached hydrogen (secondary N) is 1. The van der Waals surface area contributed by atoms with Gasteiger partial charge in [-0.05, 0) is 30.5 Å². The highest BCUT2D eigenvalue weighted by Gasteiger charge is 2.34. The Hall–Kier alpha value is -1.32. The summed E-state index contributed by atoms with van der Waals surface area (Å²) in [6.45, 7) is 0. The van der Waals surface area contributed by atoms with Crippen LogP contribution in [0.4, 0.5) is 0 Å². The summed E-state index contributed by atoms with van der Waals surface area (Å²) in [5.41, 5.74) is 2.40. The highest BCUT2D eigenvalue weighted by molar-refractivity contribution is 6.42. The number of allylic oxidation sites excluding steroid dienone is 2. The van der Waals surface area contributed by atoms with Crippen LogP contribution in [0.25, 0.3) is 0 Å². The van der Waals surface area contributed by atoms with E-state index in [1.165, 1.54) is 0 Å². The Labute approximate surface area is 126 Å². The molecule has 1 aliphatic heterocycles. The molecule has 0 bridgehead atoms. The minimum atomic E-state index is -0.207. The van der Waals surface area contributed by atoms with Crippen LogP contribution in [0.2, 0.25) is 10.0 Å². The van der Waals surface area contributed by atoms with Gasteiger partial charge in [-0.1, -0.05) is 29.3 Å². The molecule has 3 rings (SSSR count). The van der Waals surface area contributed by atoms with Gasteiger partial charge in [0, 0.05) is 30.0 Å². The monoisotopic (exact) mass is 309 g/mol. The van der Waals surface area contributed by atoms with Gasteiger partial charge in [-0.25, -0.2) is 0 Å². The first-order chi connectivity index (χ1) is 9.56. The second kappa shape index (κ2) is 5.23. The van der Waals surface area contributed by atoms with Crippen molar-refractivity contribution in [2.24, 2.45) is 0 Å². The Balaban J connectivity index is 2.08. The van der Waals surface area contributed by atoms with Crippen LogP contribution >= 0.6 is 23.2 Å². The second-order valence-corrected chi connectivity index (χ2v) is 5.96. The summed E-state index contributed by atoms with van der Waals surface area (Å²) in [7, 11) is 0. The van der Waals surface area contributed by atoms with Gasteiger partial charge in [0.15, 0.2) is 5.78 Å². The fourth-order valence-corrected chi connectivity index (χ4v) is 3.22. The van der Waals surface area contributed by atoms with E-state index in [1.807, 2.05) is 6.07 Å². The Morgan fingerprint density at radius 2 is 1.90 bits per heavy atom. The zero-order valence-corrected chi connectivity index (χ0v) is 12.2. The standard InChI is InChI=1S/C15H13Cl2NO2/c16-10-5-4-8(6-11(10)17)9-7-14(20)18-12-2-1-3-13(19)15(9)12/h4-6,9H,1-3,7H2,(H,18,20). The Morgan fingerprint density at radius 3 is 2.65 bits per heavy atom. The van der Waals surface area contributed by atoms with Crippen LogP contribution in [0, 0.1) is 0 Å². The lowest BCUT2D eigenvalue weighted by atomic mass is 9.78. The highest BCUT2D eigenvalue weighted by atomic mass is 35.5. The van der Waals surface area contributed by atoms with Crippen LogP contribution in [0.1, 0.15) is 37.2 Å². The van der Waals surface area contributed by atoms with Crippen molar-refractivity contribution < 1.29 is 9.59 Å². The molecule has 20 heavy (non-hydrogen) atoms. The smallest absolute Gasteiger partial charge is 0.225 e. The number of benzene rings is 1. The number of carbonyl (C=O) groups is 2. The molecule has 104 valence electrons. The van der Waals surface area contributed by atoms with Gasteiger partial charge in [0.05, 0.1) is 10.0 Å². The summed E-state index contributed by atoms with van der Waals surface area (Å²) < 4.78 is 0. The molecule has 0 radical (unpaired) electrons. The summed E-state index contributed by atoms with van der Waals surface area (Å²) in [5.74, 6) is -0.127. The van der Waals surface area contributed by atoms with E-state index in [0.717, 1.165) is 29.7 Å². The van der Waals surface area contributed by atoms with Crippen molar-refractivity contribution in [2.75, 3.05) is 0 Å². The van der Waals surface area contributed by atoms with Gasteiger partial charge in [0.2, 0.25) is 5.91 Å². The van der Waals surface area contributed by atoms with Crippen molar-refractivity contribution in [3.8, 4) is 0 Å². The normalized spacial score (nSPS) is 22.6. The average Bonchev–Trinajstić information content (AvgIpc) is 2.41. The molecule has 1 amide bonds. The van der Waals surface area contributed by atoms with Gasteiger partial charge in [-0.2, -0.15) is 0 Å². The molecule has 3 nitrogen and oxygen atoms in total. The van der Waals surface area contributed by atoms with Gasteiger partial charge in [-0.3, -0.25) is 9.59 Å².